The molecule has 0 bridgehead atoms. The fourth-order valence-corrected chi connectivity index (χ4v) is 4.15. The van der Waals surface area contributed by atoms with Crippen LogP contribution in [-0.2, 0) is 18.9 Å². The van der Waals surface area contributed by atoms with Gasteiger partial charge in [0.1, 0.15) is 54.9 Å². The Morgan fingerprint density at radius 3 is 1.61 bits per heavy atom. The zero-order chi connectivity index (χ0) is 23.0. The van der Waals surface area contributed by atoms with Crippen LogP contribution in [0.1, 0.15) is 6.42 Å². The molecule has 14 unspecified atom stereocenters. The fraction of sp³-hybridized carbons (Fsp3) is 1.00. The smallest absolute Gasteiger partial charge is 0.187 e. The largest absolute Gasteiger partial charge is 0.394 e. The zero-order valence-electron chi connectivity index (χ0n) is 16.7. The molecule has 2 aliphatic heterocycles. The lowest BCUT2D eigenvalue weighted by Gasteiger charge is -2.46. The Morgan fingerprint density at radius 1 is 0.645 bits per heavy atom. The molecule has 14 heteroatoms. The maximum atomic E-state index is 10.8. The van der Waals surface area contributed by atoms with E-state index in [0.717, 1.165) is 0 Å². The van der Waals surface area contributed by atoms with Crippen LogP contribution in [-0.4, -0.2) is 135 Å². The van der Waals surface area contributed by atoms with E-state index in [1.165, 1.54) is 0 Å². The summed E-state index contributed by atoms with van der Waals surface area (Å²) in [6.07, 6.45) is -14.3. The number of aliphatic hydroxyl groups excluding tert-OH is 7. The summed E-state index contributed by atoms with van der Waals surface area (Å²) < 4.78 is 22.0. The van der Waals surface area contributed by atoms with Crippen LogP contribution in [0.15, 0.2) is 0 Å². The van der Waals surface area contributed by atoms with Crippen LogP contribution in [0.3, 0.4) is 0 Å². The molecule has 1 saturated carbocycles. The van der Waals surface area contributed by atoms with E-state index in [-0.39, 0.29) is 6.42 Å². The monoisotopic (exact) mass is 455 g/mol. The predicted molar refractivity (Wildman–Crippen MR) is 99.8 cm³/mol. The Balaban J connectivity index is 1.70. The highest BCUT2D eigenvalue weighted by Crippen LogP contribution is 2.31. The van der Waals surface area contributed by atoms with E-state index in [1.807, 2.05) is 0 Å². The Hall–Kier alpha value is -0.560. The van der Waals surface area contributed by atoms with Crippen LogP contribution in [0.2, 0.25) is 0 Å². The van der Waals surface area contributed by atoms with Crippen molar-refractivity contribution in [2.75, 3.05) is 13.2 Å². The van der Waals surface area contributed by atoms with Crippen LogP contribution in [0.5, 0.6) is 0 Å². The topological polar surface area (TPSA) is 257 Å². The first-order valence-electron chi connectivity index (χ1n) is 10.1. The van der Waals surface area contributed by atoms with E-state index in [0.29, 0.717) is 0 Å². The van der Waals surface area contributed by atoms with Gasteiger partial charge in [0.15, 0.2) is 12.6 Å². The van der Waals surface area contributed by atoms with Gasteiger partial charge in [-0.15, -0.1) is 0 Å². The summed E-state index contributed by atoms with van der Waals surface area (Å²) in [5.41, 5.74) is 18.0. The van der Waals surface area contributed by atoms with Crippen molar-refractivity contribution < 1.29 is 54.7 Å². The minimum Gasteiger partial charge on any atom is -0.394 e. The lowest BCUT2D eigenvalue weighted by atomic mass is 9.84. The molecule has 3 rings (SSSR count). The second kappa shape index (κ2) is 10.1. The fourth-order valence-electron chi connectivity index (χ4n) is 4.15. The van der Waals surface area contributed by atoms with Gasteiger partial charge in [-0.05, 0) is 6.42 Å². The summed E-state index contributed by atoms with van der Waals surface area (Å²) in [4.78, 5) is 0. The van der Waals surface area contributed by atoms with Gasteiger partial charge in [-0.3, -0.25) is 0 Å². The van der Waals surface area contributed by atoms with Crippen LogP contribution >= 0.6 is 0 Å². The van der Waals surface area contributed by atoms with Gasteiger partial charge in [-0.2, -0.15) is 0 Å². The first-order chi connectivity index (χ1) is 14.6. The number of ether oxygens (including phenoxy) is 4. The highest BCUT2D eigenvalue weighted by molar-refractivity contribution is 5.01. The van der Waals surface area contributed by atoms with E-state index < -0.39 is 98.9 Å². The van der Waals surface area contributed by atoms with Gasteiger partial charge < -0.3 is 71.9 Å². The molecule has 0 radical (unpaired) electrons. The lowest BCUT2D eigenvalue weighted by molar-refractivity contribution is -0.302. The van der Waals surface area contributed by atoms with Gasteiger partial charge >= 0.3 is 0 Å². The normalized spacial score (nSPS) is 53.6. The van der Waals surface area contributed by atoms with Crippen LogP contribution in [0.4, 0.5) is 0 Å². The molecule has 14 nitrogen and oxygen atoms in total. The summed E-state index contributed by atoms with van der Waals surface area (Å²) in [5.74, 6) is 0. The lowest BCUT2D eigenvalue weighted by Crippen LogP contribution is -2.67. The van der Waals surface area contributed by atoms with Crippen molar-refractivity contribution in [2.45, 2.75) is 92.1 Å². The molecular formula is C17H33N3O11. The Bertz CT molecular complexity index is 590. The molecule has 182 valence electrons. The average Bonchev–Trinajstić information content (AvgIpc) is 3.01. The van der Waals surface area contributed by atoms with Gasteiger partial charge in [-0.1, -0.05) is 0 Å². The molecular weight excluding hydrogens is 422 g/mol. The molecule has 14 atom stereocenters. The minimum atomic E-state index is -1.48. The predicted octanol–water partition coefficient (Wildman–Crippen LogP) is -6.62. The van der Waals surface area contributed by atoms with E-state index in [9.17, 15) is 35.7 Å². The van der Waals surface area contributed by atoms with Gasteiger partial charge in [0.2, 0.25) is 0 Å². The highest BCUT2D eigenvalue weighted by Gasteiger charge is 2.51. The number of nitrogens with two attached hydrogens (primary N) is 3. The van der Waals surface area contributed by atoms with Gasteiger partial charge in [0.05, 0.1) is 19.3 Å². The maximum Gasteiger partial charge on any atom is 0.187 e. The van der Waals surface area contributed by atoms with Crippen molar-refractivity contribution in [1.82, 2.24) is 0 Å². The SMILES string of the molecule is NC1CC(N)C(OC2OC(CO)C(O)C2O)C(O)C1OC1OC(CO)C(O)C(O)C1N. The molecule has 3 fully saturated rings. The molecule has 0 aromatic rings. The molecule has 13 N–H and O–H groups in total. The Labute approximate surface area is 178 Å². The number of rotatable bonds is 6. The van der Waals surface area contributed by atoms with Gasteiger partial charge in [-0.25, -0.2) is 0 Å². The molecule has 0 amide bonds. The molecule has 0 aromatic carbocycles. The van der Waals surface area contributed by atoms with Gasteiger partial charge in [0, 0.05) is 12.1 Å². The standard InChI is InChI=1S/C17H33N3O11/c18-4-1-5(19)15(31-17-12(26)10(24)7(3-22)29-17)13(27)14(4)30-16-8(20)11(25)9(23)6(2-21)28-16/h4-17,21-27H,1-3,18-20H2. The number of hydrogen-bond donors (Lipinski definition) is 10. The van der Waals surface area contributed by atoms with Crippen molar-refractivity contribution >= 4 is 0 Å². The Morgan fingerprint density at radius 2 is 1.10 bits per heavy atom. The summed E-state index contributed by atoms with van der Waals surface area (Å²) >= 11 is 0. The second-order valence-electron chi connectivity index (χ2n) is 8.25. The average molecular weight is 455 g/mol. The van der Waals surface area contributed by atoms with Crippen molar-refractivity contribution in [3.05, 3.63) is 0 Å². The highest BCUT2D eigenvalue weighted by atomic mass is 16.7. The molecule has 2 heterocycles. The molecule has 3 aliphatic rings. The van der Waals surface area contributed by atoms with Gasteiger partial charge in [0.25, 0.3) is 0 Å². The van der Waals surface area contributed by atoms with E-state index >= 15 is 0 Å². The van der Waals surface area contributed by atoms with Crippen molar-refractivity contribution in [1.29, 1.82) is 0 Å². The molecule has 31 heavy (non-hydrogen) atoms. The summed E-state index contributed by atoms with van der Waals surface area (Å²) in [6.45, 7) is -1.16. The minimum absolute atomic E-state index is 0.123. The van der Waals surface area contributed by atoms with Crippen LogP contribution in [0, 0.1) is 0 Å². The third-order valence-corrected chi connectivity index (χ3v) is 6.07. The maximum absolute atomic E-state index is 10.8. The van der Waals surface area contributed by atoms with Crippen molar-refractivity contribution in [3.8, 4) is 0 Å². The summed E-state index contributed by atoms with van der Waals surface area (Å²) in [6, 6.07) is -2.78. The Kier molecular flexibility index (Phi) is 8.21. The third kappa shape index (κ3) is 4.87. The first-order valence-corrected chi connectivity index (χ1v) is 10.1. The van der Waals surface area contributed by atoms with Crippen LogP contribution in [0.25, 0.3) is 0 Å². The zero-order valence-corrected chi connectivity index (χ0v) is 16.7. The number of aliphatic hydroxyl groups is 7. The van der Waals surface area contributed by atoms with Crippen LogP contribution < -0.4 is 17.2 Å². The van der Waals surface area contributed by atoms with Crippen molar-refractivity contribution in [3.63, 3.8) is 0 Å². The molecule has 0 spiro atoms. The summed E-state index contributed by atoms with van der Waals surface area (Å²) in [7, 11) is 0. The quantitative estimate of drug-likeness (QED) is 0.179. The second-order valence-corrected chi connectivity index (χ2v) is 8.25. The molecule has 2 saturated heterocycles. The summed E-state index contributed by atoms with van der Waals surface area (Å²) in [5, 5.41) is 69.3. The van der Waals surface area contributed by atoms with E-state index in [1.54, 1.807) is 0 Å². The number of hydrogen-bond acceptors (Lipinski definition) is 14. The van der Waals surface area contributed by atoms with Crippen molar-refractivity contribution in [2.24, 2.45) is 17.2 Å². The van der Waals surface area contributed by atoms with E-state index in [4.69, 9.17) is 36.1 Å². The third-order valence-electron chi connectivity index (χ3n) is 6.07. The molecule has 0 aromatic heterocycles. The first kappa shape index (κ1) is 25.1. The van der Waals surface area contributed by atoms with E-state index in [2.05, 4.69) is 0 Å². The molecule has 1 aliphatic carbocycles.